The largest absolute Gasteiger partial charge is 0.496 e. The van der Waals surface area contributed by atoms with Gasteiger partial charge in [-0.15, -0.1) is 0 Å². The lowest BCUT2D eigenvalue weighted by molar-refractivity contribution is 0.0643. The Morgan fingerprint density at radius 3 is 2.85 bits per heavy atom. The minimum atomic E-state index is 0.0739. The summed E-state index contributed by atoms with van der Waals surface area (Å²) in [6.07, 6.45) is 0.990. The number of rotatable bonds is 3. The van der Waals surface area contributed by atoms with Gasteiger partial charge in [0.25, 0.3) is 5.91 Å². The number of benzene rings is 1. The van der Waals surface area contributed by atoms with Crippen molar-refractivity contribution < 1.29 is 9.53 Å². The molecular formula is C16H24N2O2. The number of carbonyl (C=O) groups excluding carboxylic acids is 1. The Balaban J connectivity index is 2.28. The highest BCUT2D eigenvalue weighted by Crippen LogP contribution is 2.23. The van der Waals surface area contributed by atoms with Crippen molar-refractivity contribution in [2.45, 2.75) is 26.3 Å². The fourth-order valence-corrected chi connectivity index (χ4v) is 2.72. The van der Waals surface area contributed by atoms with Crippen LogP contribution in [0, 0.1) is 5.92 Å². The second-order valence-electron chi connectivity index (χ2n) is 5.57. The van der Waals surface area contributed by atoms with Crippen molar-refractivity contribution in [2.24, 2.45) is 5.92 Å². The molecule has 1 amide bonds. The van der Waals surface area contributed by atoms with Crippen molar-refractivity contribution >= 4 is 5.91 Å². The average molecular weight is 276 g/mol. The van der Waals surface area contributed by atoms with Gasteiger partial charge in [-0.3, -0.25) is 4.79 Å². The summed E-state index contributed by atoms with van der Waals surface area (Å²) in [6, 6.07) is 7.69. The van der Waals surface area contributed by atoms with E-state index in [1.165, 1.54) is 0 Å². The number of carbonyl (C=O) groups is 1. The third kappa shape index (κ3) is 3.12. The van der Waals surface area contributed by atoms with Gasteiger partial charge in [0.1, 0.15) is 5.75 Å². The predicted molar refractivity (Wildman–Crippen MR) is 80.1 cm³/mol. The Hall–Kier alpha value is -1.55. The molecule has 1 atom stereocenters. The van der Waals surface area contributed by atoms with Crippen LogP contribution in [-0.4, -0.2) is 43.6 Å². The van der Waals surface area contributed by atoms with Gasteiger partial charge in [-0.1, -0.05) is 26.0 Å². The van der Waals surface area contributed by atoms with Crippen molar-refractivity contribution in [3.63, 3.8) is 0 Å². The number of nitrogens with zero attached hydrogens (tertiary/aromatic N) is 1. The fraction of sp³-hybridized carbons (Fsp3) is 0.562. The number of amides is 1. The topological polar surface area (TPSA) is 41.6 Å². The molecular weight excluding hydrogens is 252 g/mol. The summed E-state index contributed by atoms with van der Waals surface area (Å²) in [7, 11) is 1.61. The molecule has 4 nitrogen and oxygen atoms in total. The zero-order chi connectivity index (χ0) is 14.5. The van der Waals surface area contributed by atoms with Gasteiger partial charge in [0.15, 0.2) is 0 Å². The van der Waals surface area contributed by atoms with Gasteiger partial charge >= 0.3 is 0 Å². The van der Waals surface area contributed by atoms with E-state index in [-0.39, 0.29) is 11.9 Å². The van der Waals surface area contributed by atoms with Gasteiger partial charge in [0.2, 0.25) is 0 Å². The first-order chi connectivity index (χ1) is 9.65. The standard InChI is InChI=1S/C16H24N2O2/c1-12(2)14-11-17-9-6-10-18(14)16(19)13-7-4-5-8-15(13)20-3/h4-5,7-8,12,14,17H,6,9-11H2,1-3H3. The summed E-state index contributed by atoms with van der Waals surface area (Å²) in [5.74, 6) is 1.15. The molecule has 0 aliphatic carbocycles. The molecule has 0 saturated carbocycles. The second-order valence-corrected chi connectivity index (χ2v) is 5.57. The Kier molecular flexibility index (Phi) is 5.01. The predicted octanol–water partition coefficient (Wildman–Crippen LogP) is 2.16. The Morgan fingerprint density at radius 2 is 2.15 bits per heavy atom. The van der Waals surface area contributed by atoms with E-state index >= 15 is 0 Å². The minimum absolute atomic E-state index is 0.0739. The maximum absolute atomic E-state index is 12.9. The van der Waals surface area contributed by atoms with E-state index in [4.69, 9.17) is 4.74 Å². The lowest BCUT2D eigenvalue weighted by Crippen LogP contribution is -2.46. The molecule has 0 aromatic heterocycles. The number of nitrogens with one attached hydrogen (secondary N) is 1. The molecule has 0 spiro atoms. The van der Waals surface area contributed by atoms with Gasteiger partial charge in [0.05, 0.1) is 12.7 Å². The number of ether oxygens (including phenoxy) is 1. The van der Waals surface area contributed by atoms with Crippen LogP contribution in [-0.2, 0) is 0 Å². The molecule has 110 valence electrons. The van der Waals surface area contributed by atoms with E-state index in [1.807, 2.05) is 29.2 Å². The summed E-state index contributed by atoms with van der Waals surface area (Å²) in [5.41, 5.74) is 0.655. The van der Waals surface area contributed by atoms with E-state index in [0.29, 0.717) is 17.2 Å². The van der Waals surface area contributed by atoms with Crippen LogP contribution >= 0.6 is 0 Å². The van der Waals surface area contributed by atoms with Crippen LogP contribution in [0.4, 0.5) is 0 Å². The minimum Gasteiger partial charge on any atom is -0.496 e. The molecule has 1 saturated heterocycles. The summed E-state index contributed by atoms with van der Waals surface area (Å²) in [5, 5.41) is 3.42. The highest BCUT2D eigenvalue weighted by atomic mass is 16.5. The summed E-state index contributed by atoms with van der Waals surface area (Å²) >= 11 is 0. The first-order valence-electron chi connectivity index (χ1n) is 7.30. The Bertz CT molecular complexity index is 460. The first kappa shape index (κ1) is 14.9. The molecule has 0 bridgehead atoms. The van der Waals surface area contributed by atoms with Crippen molar-refractivity contribution in [3.8, 4) is 5.75 Å². The molecule has 1 N–H and O–H groups in total. The monoisotopic (exact) mass is 276 g/mol. The summed E-state index contributed by atoms with van der Waals surface area (Å²) < 4.78 is 5.32. The average Bonchev–Trinajstić information content (AvgIpc) is 2.72. The molecule has 1 aliphatic rings. The highest BCUT2D eigenvalue weighted by Gasteiger charge is 2.29. The summed E-state index contributed by atoms with van der Waals surface area (Å²) in [4.78, 5) is 14.9. The molecule has 4 heteroatoms. The van der Waals surface area contributed by atoms with E-state index in [0.717, 1.165) is 26.1 Å². The number of hydrogen-bond acceptors (Lipinski definition) is 3. The molecule has 0 radical (unpaired) electrons. The Labute approximate surface area is 121 Å². The van der Waals surface area contributed by atoms with Gasteiger partial charge in [0, 0.05) is 19.1 Å². The molecule has 20 heavy (non-hydrogen) atoms. The highest BCUT2D eigenvalue weighted by molar-refractivity contribution is 5.97. The lowest BCUT2D eigenvalue weighted by atomic mass is 10.0. The maximum Gasteiger partial charge on any atom is 0.257 e. The van der Waals surface area contributed by atoms with Crippen molar-refractivity contribution in [2.75, 3.05) is 26.7 Å². The van der Waals surface area contributed by atoms with Gasteiger partial charge in [-0.2, -0.15) is 0 Å². The van der Waals surface area contributed by atoms with E-state index < -0.39 is 0 Å². The zero-order valence-corrected chi connectivity index (χ0v) is 12.6. The fourth-order valence-electron chi connectivity index (χ4n) is 2.72. The molecule has 1 fully saturated rings. The zero-order valence-electron chi connectivity index (χ0n) is 12.6. The molecule has 1 aromatic carbocycles. The Morgan fingerprint density at radius 1 is 1.40 bits per heavy atom. The molecule has 1 aliphatic heterocycles. The quantitative estimate of drug-likeness (QED) is 0.920. The molecule has 2 rings (SSSR count). The smallest absolute Gasteiger partial charge is 0.257 e. The normalized spacial score (nSPS) is 19.8. The van der Waals surface area contributed by atoms with Crippen LogP contribution in [0.15, 0.2) is 24.3 Å². The SMILES string of the molecule is COc1ccccc1C(=O)N1CCCNCC1C(C)C. The number of para-hydroxylation sites is 1. The summed E-state index contributed by atoms with van der Waals surface area (Å²) in [6.45, 7) is 6.96. The molecule has 1 unspecified atom stereocenters. The van der Waals surface area contributed by atoms with Gasteiger partial charge in [-0.05, 0) is 31.0 Å². The van der Waals surface area contributed by atoms with Crippen molar-refractivity contribution in [3.05, 3.63) is 29.8 Å². The van der Waals surface area contributed by atoms with Crippen LogP contribution in [0.25, 0.3) is 0 Å². The van der Waals surface area contributed by atoms with Crippen molar-refractivity contribution in [1.82, 2.24) is 10.2 Å². The van der Waals surface area contributed by atoms with Gasteiger partial charge < -0.3 is 15.0 Å². The van der Waals surface area contributed by atoms with Crippen LogP contribution < -0.4 is 10.1 Å². The third-order valence-electron chi connectivity index (χ3n) is 3.87. The van der Waals surface area contributed by atoms with E-state index in [2.05, 4.69) is 19.2 Å². The third-order valence-corrected chi connectivity index (χ3v) is 3.87. The lowest BCUT2D eigenvalue weighted by Gasteiger charge is -2.33. The van der Waals surface area contributed by atoms with Gasteiger partial charge in [-0.25, -0.2) is 0 Å². The van der Waals surface area contributed by atoms with E-state index in [1.54, 1.807) is 7.11 Å². The van der Waals surface area contributed by atoms with Crippen LogP contribution in [0.1, 0.15) is 30.6 Å². The molecule has 1 heterocycles. The molecule has 1 aromatic rings. The van der Waals surface area contributed by atoms with E-state index in [9.17, 15) is 4.79 Å². The van der Waals surface area contributed by atoms with Crippen LogP contribution in [0.3, 0.4) is 0 Å². The maximum atomic E-state index is 12.9. The second kappa shape index (κ2) is 6.75. The van der Waals surface area contributed by atoms with Crippen LogP contribution in [0.2, 0.25) is 0 Å². The van der Waals surface area contributed by atoms with Crippen molar-refractivity contribution in [1.29, 1.82) is 0 Å². The number of hydrogen-bond donors (Lipinski definition) is 1. The number of methoxy groups -OCH3 is 1. The first-order valence-corrected chi connectivity index (χ1v) is 7.30. The van der Waals surface area contributed by atoms with Crippen LogP contribution in [0.5, 0.6) is 5.75 Å².